The molecule has 2 aromatic rings. The zero-order valence-electron chi connectivity index (χ0n) is 19.2. The van der Waals surface area contributed by atoms with Crippen molar-refractivity contribution in [2.24, 2.45) is 0 Å². The molecule has 1 heterocycles. The second-order valence-electron chi connectivity index (χ2n) is 7.86. The van der Waals surface area contributed by atoms with Gasteiger partial charge in [0.05, 0.1) is 6.61 Å². The first kappa shape index (κ1) is 24.3. The van der Waals surface area contributed by atoms with Gasteiger partial charge in [-0.25, -0.2) is 0 Å². The van der Waals surface area contributed by atoms with E-state index in [1.807, 2.05) is 25.1 Å². The predicted octanol–water partition coefficient (Wildman–Crippen LogP) is 2.09. The van der Waals surface area contributed by atoms with Crippen LogP contribution < -0.4 is 10.1 Å². The first-order chi connectivity index (χ1) is 16.0. The van der Waals surface area contributed by atoms with E-state index in [9.17, 15) is 14.4 Å². The maximum atomic E-state index is 12.7. The van der Waals surface area contributed by atoms with E-state index in [4.69, 9.17) is 9.47 Å². The Labute approximate surface area is 194 Å². The topological polar surface area (TPSA) is 88.2 Å². The molecule has 0 aromatic heterocycles. The fraction of sp³-hybridized carbons (Fsp3) is 0.400. The summed E-state index contributed by atoms with van der Waals surface area (Å²) in [6.45, 7) is 7.21. The minimum atomic E-state index is -0.902. The minimum Gasteiger partial charge on any atom is -0.494 e. The van der Waals surface area contributed by atoms with Crippen molar-refractivity contribution in [2.45, 2.75) is 26.5 Å². The Morgan fingerprint density at radius 2 is 1.64 bits per heavy atom. The Kier molecular flexibility index (Phi) is 8.83. The summed E-state index contributed by atoms with van der Waals surface area (Å²) in [4.78, 5) is 41.0. The van der Waals surface area contributed by atoms with Crippen LogP contribution in [0.2, 0.25) is 0 Å². The molecule has 1 aliphatic heterocycles. The van der Waals surface area contributed by atoms with Gasteiger partial charge in [0.2, 0.25) is 0 Å². The molecule has 0 bridgehead atoms. The van der Waals surface area contributed by atoms with Crippen LogP contribution in [-0.4, -0.2) is 73.0 Å². The number of esters is 1. The van der Waals surface area contributed by atoms with Crippen LogP contribution >= 0.6 is 0 Å². The third-order valence-corrected chi connectivity index (χ3v) is 5.41. The molecule has 0 aliphatic carbocycles. The summed E-state index contributed by atoms with van der Waals surface area (Å²) in [6.07, 6.45) is -0.902. The molecule has 1 fully saturated rings. The van der Waals surface area contributed by atoms with Crippen LogP contribution in [0, 0.1) is 0 Å². The van der Waals surface area contributed by atoms with Crippen molar-refractivity contribution in [3.05, 3.63) is 65.7 Å². The van der Waals surface area contributed by atoms with E-state index >= 15 is 0 Å². The highest BCUT2D eigenvalue weighted by atomic mass is 16.5. The second-order valence-corrected chi connectivity index (χ2v) is 7.86. The second kappa shape index (κ2) is 12.0. The quantitative estimate of drug-likeness (QED) is 0.585. The molecule has 0 saturated carbocycles. The van der Waals surface area contributed by atoms with Gasteiger partial charge in [0.25, 0.3) is 11.8 Å². The van der Waals surface area contributed by atoms with Gasteiger partial charge in [-0.3, -0.25) is 19.3 Å². The average molecular weight is 454 g/mol. The van der Waals surface area contributed by atoms with Crippen LogP contribution in [0.4, 0.5) is 0 Å². The van der Waals surface area contributed by atoms with E-state index < -0.39 is 18.0 Å². The number of amides is 2. The summed E-state index contributed by atoms with van der Waals surface area (Å²) in [5, 5.41) is 2.52. The summed E-state index contributed by atoms with van der Waals surface area (Å²) in [6, 6.07) is 16.8. The lowest BCUT2D eigenvalue weighted by Gasteiger charge is -2.35. The molecule has 33 heavy (non-hydrogen) atoms. The summed E-state index contributed by atoms with van der Waals surface area (Å²) in [5.41, 5.74) is 1.65. The van der Waals surface area contributed by atoms with Crippen molar-refractivity contribution in [3.8, 4) is 5.75 Å². The molecular weight excluding hydrogens is 422 g/mol. The van der Waals surface area contributed by atoms with Gasteiger partial charge >= 0.3 is 5.97 Å². The number of hydrogen-bond acceptors (Lipinski definition) is 6. The SMILES string of the molecule is CCOc1ccc(C(=O)NCC(=O)OC(C)C(=O)N2CCN(Cc3ccccc3)CC2)cc1. The van der Waals surface area contributed by atoms with Crippen molar-refractivity contribution in [1.29, 1.82) is 0 Å². The molecular formula is C25H31N3O5. The molecule has 1 saturated heterocycles. The van der Waals surface area contributed by atoms with E-state index in [-0.39, 0.29) is 12.5 Å². The largest absolute Gasteiger partial charge is 0.494 e. The van der Waals surface area contributed by atoms with Gasteiger partial charge in [-0.05, 0) is 43.7 Å². The van der Waals surface area contributed by atoms with Crippen molar-refractivity contribution in [3.63, 3.8) is 0 Å². The van der Waals surface area contributed by atoms with Crippen LogP contribution in [0.5, 0.6) is 5.75 Å². The lowest BCUT2D eigenvalue weighted by molar-refractivity contribution is -0.159. The molecule has 176 valence electrons. The number of carbonyl (C=O) groups excluding carboxylic acids is 3. The van der Waals surface area contributed by atoms with Gasteiger partial charge in [0.15, 0.2) is 6.10 Å². The van der Waals surface area contributed by atoms with E-state index in [0.29, 0.717) is 31.0 Å². The molecule has 0 spiro atoms. The van der Waals surface area contributed by atoms with Gasteiger partial charge in [-0.1, -0.05) is 30.3 Å². The molecule has 8 heteroatoms. The van der Waals surface area contributed by atoms with Crippen molar-refractivity contribution < 1.29 is 23.9 Å². The van der Waals surface area contributed by atoms with Gasteiger partial charge in [-0.15, -0.1) is 0 Å². The van der Waals surface area contributed by atoms with E-state index in [2.05, 4.69) is 22.3 Å². The summed E-state index contributed by atoms with van der Waals surface area (Å²) < 4.78 is 10.6. The molecule has 2 amide bonds. The Balaban J connectivity index is 1.38. The van der Waals surface area contributed by atoms with Gasteiger partial charge in [0.1, 0.15) is 12.3 Å². The molecule has 1 N–H and O–H groups in total. The van der Waals surface area contributed by atoms with Crippen molar-refractivity contribution in [2.75, 3.05) is 39.3 Å². The van der Waals surface area contributed by atoms with Crippen LogP contribution in [0.15, 0.2) is 54.6 Å². The van der Waals surface area contributed by atoms with Gasteiger partial charge < -0.3 is 19.7 Å². The highest BCUT2D eigenvalue weighted by Crippen LogP contribution is 2.12. The summed E-state index contributed by atoms with van der Waals surface area (Å²) in [5.74, 6) is -0.608. The fourth-order valence-electron chi connectivity index (χ4n) is 3.64. The standard InChI is InChI=1S/C25H31N3O5/c1-3-32-22-11-9-21(10-12-22)24(30)26-17-23(29)33-19(2)25(31)28-15-13-27(14-16-28)18-20-7-5-4-6-8-20/h4-12,19H,3,13-18H2,1-2H3,(H,26,30). The number of benzene rings is 2. The van der Waals surface area contributed by atoms with Crippen LogP contribution in [-0.2, 0) is 20.9 Å². The normalized spacial score (nSPS) is 14.9. The maximum Gasteiger partial charge on any atom is 0.326 e. The number of carbonyl (C=O) groups is 3. The number of hydrogen-bond donors (Lipinski definition) is 1. The van der Waals surface area contributed by atoms with Crippen LogP contribution in [0.3, 0.4) is 0 Å². The third-order valence-electron chi connectivity index (χ3n) is 5.41. The molecule has 1 unspecified atom stereocenters. The molecule has 1 atom stereocenters. The van der Waals surface area contributed by atoms with E-state index in [1.165, 1.54) is 5.56 Å². The Morgan fingerprint density at radius 3 is 2.27 bits per heavy atom. The molecule has 8 nitrogen and oxygen atoms in total. The minimum absolute atomic E-state index is 0.222. The Bertz CT molecular complexity index is 925. The highest BCUT2D eigenvalue weighted by molar-refractivity contribution is 5.96. The lowest BCUT2D eigenvalue weighted by atomic mass is 10.2. The number of nitrogens with zero attached hydrogens (tertiary/aromatic N) is 2. The summed E-state index contributed by atoms with van der Waals surface area (Å²) >= 11 is 0. The molecule has 1 aliphatic rings. The smallest absolute Gasteiger partial charge is 0.326 e. The summed E-state index contributed by atoms with van der Waals surface area (Å²) in [7, 11) is 0. The molecule has 0 radical (unpaired) electrons. The van der Waals surface area contributed by atoms with Gasteiger partial charge in [0, 0.05) is 38.3 Å². The fourth-order valence-corrected chi connectivity index (χ4v) is 3.64. The number of rotatable bonds is 9. The van der Waals surface area contributed by atoms with Crippen LogP contribution in [0.1, 0.15) is 29.8 Å². The van der Waals surface area contributed by atoms with E-state index in [0.717, 1.165) is 19.6 Å². The zero-order chi connectivity index (χ0) is 23.6. The molecule has 2 aromatic carbocycles. The predicted molar refractivity (Wildman–Crippen MR) is 124 cm³/mol. The number of nitrogens with one attached hydrogen (secondary N) is 1. The lowest BCUT2D eigenvalue weighted by Crippen LogP contribution is -2.51. The molecule has 3 rings (SSSR count). The van der Waals surface area contributed by atoms with Gasteiger partial charge in [-0.2, -0.15) is 0 Å². The first-order valence-corrected chi connectivity index (χ1v) is 11.2. The van der Waals surface area contributed by atoms with Crippen molar-refractivity contribution in [1.82, 2.24) is 15.1 Å². The maximum absolute atomic E-state index is 12.7. The Hall–Kier alpha value is -3.39. The first-order valence-electron chi connectivity index (χ1n) is 11.2. The average Bonchev–Trinajstić information content (AvgIpc) is 2.84. The highest BCUT2D eigenvalue weighted by Gasteiger charge is 2.27. The Morgan fingerprint density at radius 1 is 0.970 bits per heavy atom. The third kappa shape index (κ3) is 7.32. The van der Waals surface area contributed by atoms with E-state index in [1.54, 1.807) is 36.1 Å². The van der Waals surface area contributed by atoms with Crippen LogP contribution in [0.25, 0.3) is 0 Å². The van der Waals surface area contributed by atoms with Crippen molar-refractivity contribution >= 4 is 17.8 Å². The monoisotopic (exact) mass is 453 g/mol. The number of ether oxygens (including phenoxy) is 2. The zero-order valence-corrected chi connectivity index (χ0v) is 19.2. The number of piperazine rings is 1.